The van der Waals surface area contributed by atoms with Crippen molar-refractivity contribution in [2.45, 2.75) is 0 Å². The lowest BCUT2D eigenvalue weighted by atomic mass is 9.93. The van der Waals surface area contributed by atoms with Gasteiger partial charge in [-0.3, -0.25) is 0 Å². The van der Waals surface area contributed by atoms with Crippen molar-refractivity contribution in [2.75, 3.05) is 0 Å². The molecule has 0 aliphatic rings. The van der Waals surface area contributed by atoms with Gasteiger partial charge in [0.25, 0.3) is 0 Å². The van der Waals surface area contributed by atoms with E-state index in [0.29, 0.717) is 5.82 Å². The molecule has 0 radical (unpaired) electrons. The quantitative estimate of drug-likeness (QED) is 0.181. The summed E-state index contributed by atoms with van der Waals surface area (Å²) in [7, 11) is 0. The van der Waals surface area contributed by atoms with Crippen LogP contribution in [0.1, 0.15) is 0 Å². The number of rotatable bonds is 5. The van der Waals surface area contributed by atoms with Crippen LogP contribution in [-0.2, 0) is 0 Å². The van der Waals surface area contributed by atoms with Crippen molar-refractivity contribution < 1.29 is 4.42 Å². The molecule has 4 nitrogen and oxygen atoms in total. The fourth-order valence-corrected chi connectivity index (χ4v) is 8.16. The first-order chi connectivity index (χ1) is 26.8. The third-order valence-electron chi connectivity index (χ3n) is 10.6. The van der Waals surface area contributed by atoms with E-state index in [-0.39, 0.29) is 0 Å². The van der Waals surface area contributed by atoms with Gasteiger partial charge in [-0.25, -0.2) is 9.97 Å². The van der Waals surface area contributed by atoms with Gasteiger partial charge in [-0.15, -0.1) is 0 Å². The van der Waals surface area contributed by atoms with Crippen molar-refractivity contribution in [1.29, 1.82) is 0 Å². The zero-order chi connectivity index (χ0) is 35.6. The summed E-state index contributed by atoms with van der Waals surface area (Å²) in [5.74, 6) is 0.670. The van der Waals surface area contributed by atoms with Gasteiger partial charge in [-0.1, -0.05) is 146 Å². The van der Waals surface area contributed by atoms with E-state index in [2.05, 4.69) is 162 Å². The van der Waals surface area contributed by atoms with Crippen LogP contribution in [0.4, 0.5) is 0 Å². The first-order valence-electron chi connectivity index (χ1n) is 18.2. The average Bonchev–Trinajstić information content (AvgIpc) is 3.79. The van der Waals surface area contributed by atoms with Gasteiger partial charge >= 0.3 is 0 Å². The van der Waals surface area contributed by atoms with Gasteiger partial charge in [0.1, 0.15) is 11.2 Å². The molecular weight excluding hydrogens is 659 g/mol. The van der Waals surface area contributed by atoms with Crippen molar-refractivity contribution in [3.8, 4) is 50.7 Å². The standard InChI is InChI=1S/C50H31N3O/c1-3-14-32(15-4-1)50-51-44(31-45(52-50)43-23-13-22-42-41-21-10-12-25-48(41)54-49(42)43)38-29-28-35(36-18-7-8-19-37(36)38)33-26-27-40-39-20-9-11-24-46(39)53(47(40)30-33)34-16-5-2-6-17-34/h1-31H. The van der Waals surface area contributed by atoms with Crippen molar-refractivity contribution in [3.05, 3.63) is 188 Å². The van der Waals surface area contributed by atoms with E-state index in [1.54, 1.807) is 0 Å². The van der Waals surface area contributed by atoms with E-state index in [0.717, 1.165) is 72.0 Å². The summed E-state index contributed by atoms with van der Waals surface area (Å²) >= 11 is 0. The topological polar surface area (TPSA) is 43.9 Å². The monoisotopic (exact) mass is 689 g/mol. The summed E-state index contributed by atoms with van der Waals surface area (Å²) in [5, 5.41) is 6.94. The molecule has 252 valence electrons. The van der Waals surface area contributed by atoms with E-state index in [4.69, 9.17) is 14.4 Å². The van der Waals surface area contributed by atoms with Crippen LogP contribution in [0.5, 0.6) is 0 Å². The Morgan fingerprint density at radius 2 is 0.981 bits per heavy atom. The van der Waals surface area contributed by atoms with E-state index in [1.165, 1.54) is 27.4 Å². The molecular formula is C50H31N3O. The first-order valence-corrected chi connectivity index (χ1v) is 18.2. The summed E-state index contributed by atoms with van der Waals surface area (Å²) in [6.07, 6.45) is 0. The molecule has 11 rings (SSSR count). The SMILES string of the molecule is c1ccc(-c2nc(-c3ccc(-c4ccc5c6ccccc6n(-c6ccccc6)c5c4)c4ccccc34)cc(-c3cccc4c3oc3ccccc34)n2)cc1. The second-order valence-corrected chi connectivity index (χ2v) is 13.7. The second-order valence-electron chi connectivity index (χ2n) is 13.7. The highest BCUT2D eigenvalue weighted by molar-refractivity contribution is 6.12. The lowest BCUT2D eigenvalue weighted by Gasteiger charge is -2.14. The largest absolute Gasteiger partial charge is 0.455 e. The zero-order valence-electron chi connectivity index (χ0n) is 29.1. The molecule has 0 N–H and O–H groups in total. The lowest BCUT2D eigenvalue weighted by Crippen LogP contribution is -1.97. The molecule has 11 aromatic rings. The molecule has 0 aliphatic heterocycles. The van der Waals surface area contributed by atoms with Gasteiger partial charge < -0.3 is 8.98 Å². The molecule has 54 heavy (non-hydrogen) atoms. The number of hydrogen-bond donors (Lipinski definition) is 0. The third kappa shape index (κ3) is 4.78. The number of benzene rings is 8. The maximum Gasteiger partial charge on any atom is 0.160 e. The van der Waals surface area contributed by atoms with E-state index in [1.807, 2.05) is 30.3 Å². The smallest absolute Gasteiger partial charge is 0.160 e. The molecule has 4 heteroatoms. The summed E-state index contributed by atoms with van der Waals surface area (Å²) in [6, 6.07) is 66.1. The van der Waals surface area contributed by atoms with Crippen LogP contribution in [0.2, 0.25) is 0 Å². The van der Waals surface area contributed by atoms with Crippen LogP contribution >= 0.6 is 0 Å². The fourth-order valence-electron chi connectivity index (χ4n) is 8.16. The molecule has 0 bridgehead atoms. The average molecular weight is 690 g/mol. The summed E-state index contributed by atoms with van der Waals surface area (Å²) in [5.41, 5.74) is 12.2. The normalized spacial score (nSPS) is 11.7. The Morgan fingerprint density at radius 3 is 1.80 bits per heavy atom. The summed E-state index contributed by atoms with van der Waals surface area (Å²) in [6.45, 7) is 0. The van der Waals surface area contributed by atoms with Gasteiger partial charge in [-0.2, -0.15) is 0 Å². The van der Waals surface area contributed by atoms with Gasteiger partial charge in [0.2, 0.25) is 0 Å². The Hall–Kier alpha value is -7.30. The minimum atomic E-state index is 0.670. The summed E-state index contributed by atoms with van der Waals surface area (Å²) in [4.78, 5) is 10.4. The number of hydrogen-bond acceptors (Lipinski definition) is 3. The number of fused-ring (bicyclic) bond motifs is 7. The molecule has 0 unspecified atom stereocenters. The molecule has 0 saturated heterocycles. The minimum absolute atomic E-state index is 0.670. The maximum absolute atomic E-state index is 6.49. The van der Waals surface area contributed by atoms with E-state index < -0.39 is 0 Å². The molecule has 0 atom stereocenters. The van der Waals surface area contributed by atoms with Gasteiger partial charge in [0.15, 0.2) is 5.82 Å². The lowest BCUT2D eigenvalue weighted by molar-refractivity contribution is 0.670. The van der Waals surface area contributed by atoms with Crippen LogP contribution < -0.4 is 0 Å². The highest BCUT2D eigenvalue weighted by atomic mass is 16.3. The van der Waals surface area contributed by atoms with Gasteiger partial charge in [0, 0.05) is 43.9 Å². The van der Waals surface area contributed by atoms with Crippen LogP contribution in [0, 0.1) is 0 Å². The van der Waals surface area contributed by atoms with E-state index >= 15 is 0 Å². The molecule has 0 fully saturated rings. The van der Waals surface area contributed by atoms with Gasteiger partial charge in [-0.05, 0) is 64.4 Å². The zero-order valence-corrected chi connectivity index (χ0v) is 29.1. The van der Waals surface area contributed by atoms with Crippen molar-refractivity contribution >= 4 is 54.5 Å². The van der Waals surface area contributed by atoms with Crippen molar-refractivity contribution in [1.82, 2.24) is 14.5 Å². The van der Waals surface area contributed by atoms with Crippen LogP contribution in [0.25, 0.3) is 105 Å². The number of aromatic nitrogens is 3. The molecule has 8 aromatic carbocycles. The molecule has 3 heterocycles. The predicted molar refractivity (Wildman–Crippen MR) is 223 cm³/mol. The molecule has 0 saturated carbocycles. The maximum atomic E-state index is 6.49. The highest BCUT2D eigenvalue weighted by Gasteiger charge is 2.19. The van der Waals surface area contributed by atoms with E-state index in [9.17, 15) is 0 Å². The van der Waals surface area contributed by atoms with Crippen molar-refractivity contribution in [3.63, 3.8) is 0 Å². The van der Waals surface area contributed by atoms with Crippen molar-refractivity contribution in [2.24, 2.45) is 0 Å². The number of furan rings is 1. The third-order valence-corrected chi connectivity index (χ3v) is 10.6. The Bertz CT molecular complexity index is 3210. The Balaban J connectivity index is 1.12. The minimum Gasteiger partial charge on any atom is -0.455 e. The predicted octanol–water partition coefficient (Wildman–Crippen LogP) is 13.3. The van der Waals surface area contributed by atoms with Crippen LogP contribution in [0.15, 0.2) is 192 Å². The second kappa shape index (κ2) is 12.1. The van der Waals surface area contributed by atoms with Crippen LogP contribution in [0.3, 0.4) is 0 Å². The fraction of sp³-hybridized carbons (Fsp3) is 0. The van der Waals surface area contributed by atoms with Crippen LogP contribution in [-0.4, -0.2) is 14.5 Å². The number of para-hydroxylation sites is 4. The summed E-state index contributed by atoms with van der Waals surface area (Å²) < 4.78 is 8.86. The number of nitrogens with zero attached hydrogens (tertiary/aromatic N) is 3. The Morgan fingerprint density at radius 1 is 0.370 bits per heavy atom. The molecule has 3 aromatic heterocycles. The molecule has 0 amide bonds. The first kappa shape index (κ1) is 30.3. The highest BCUT2D eigenvalue weighted by Crippen LogP contribution is 2.41. The molecule has 0 spiro atoms. The Labute approximate surface area is 311 Å². The molecule has 0 aliphatic carbocycles. The Kier molecular flexibility index (Phi) is 6.82. The van der Waals surface area contributed by atoms with Gasteiger partial charge in [0.05, 0.1) is 22.4 Å².